The van der Waals surface area contributed by atoms with E-state index in [1.54, 1.807) is 12.5 Å². The number of amides is 1. The zero-order valence-corrected chi connectivity index (χ0v) is 8.60. The average molecular weight is 208 g/mol. The van der Waals surface area contributed by atoms with Gasteiger partial charge in [-0.2, -0.15) is 0 Å². The van der Waals surface area contributed by atoms with Gasteiger partial charge in [0.25, 0.3) is 0 Å². The van der Waals surface area contributed by atoms with Crippen LogP contribution in [0, 0.1) is 0 Å². The molecule has 82 valence electrons. The SMILES string of the molecule is NC(=O)C(CCn1ccnc1)NC1CC1. The van der Waals surface area contributed by atoms with E-state index in [0.717, 1.165) is 25.8 Å². The molecule has 1 amide bonds. The Hall–Kier alpha value is -1.36. The molecule has 1 unspecified atom stereocenters. The zero-order chi connectivity index (χ0) is 10.7. The summed E-state index contributed by atoms with van der Waals surface area (Å²) in [6.45, 7) is 0.771. The average Bonchev–Trinajstić information content (AvgIpc) is 2.87. The Balaban J connectivity index is 1.80. The van der Waals surface area contributed by atoms with Crippen molar-refractivity contribution in [2.24, 2.45) is 5.73 Å². The highest BCUT2D eigenvalue weighted by Crippen LogP contribution is 2.19. The summed E-state index contributed by atoms with van der Waals surface area (Å²) < 4.78 is 1.95. The molecule has 3 N–H and O–H groups in total. The van der Waals surface area contributed by atoms with Gasteiger partial charge in [0.15, 0.2) is 0 Å². The normalized spacial score (nSPS) is 17.6. The molecule has 1 fully saturated rings. The Kier molecular flexibility index (Phi) is 3.01. The van der Waals surface area contributed by atoms with Gasteiger partial charge in [-0.3, -0.25) is 4.79 Å². The number of aryl methyl sites for hydroxylation is 1. The maximum atomic E-state index is 11.2. The summed E-state index contributed by atoms with van der Waals surface area (Å²) in [5.74, 6) is -0.262. The van der Waals surface area contributed by atoms with Gasteiger partial charge in [-0.05, 0) is 19.3 Å². The second-order valence-electron chi connectivity index (χ2n) is 3.99. The molecule has 1 heterocycles. The molecule has 0 saturated heterocycles. The zero-order valence-electron chi connectivity index (χ0n) is 8.60. The molecule has 0 aromatic carbocycles. The van der Waals surface area contributed by atoms with E-state index in [-0.39, 0.29) is 11.9 Å². The number of primary amides is 1. The van der Waals surface area contributed by atoms with Crippen LogP contribution in [0.15, 0.2) is 18.7 Å². The smallest absolute Gasteiger partial charge is 0.234 e. The van der Waals surface area contributed by atoms with Crippen LogP contribution in [0.4, 0.5) is 0 Å². The molecule has 0 spiro atoms. The summed E-state index contributed by atoms with van der Waals surface area (Å²) in [6.07, 6.45) is 8.41. The van der Waals surface area contributed by atoms with Gasteiger partial charge in [-0.25, -0.2) is 4.98 Å². The summed E-state index contributed by atoms with van der Waals surface area (Å²) in [6, 6.07) is 0.296. The summed E-state index contributed by atoms with van der Waals surface area (Å²) in [4.78, 5) is 15.1. The van der Waals surface area contributed by atoms with Crippen LogP contribution < -0.4 is 11.1 Å². The maximum Gasteiger partial charge on any atom is 0.234 e. The lowest BCUT2D eigenvalue weighted by molar-refractivity contribution is -0.120. The maximum absolute atomic E-state index is 11.2. The van der Waals surface area contributed by atoms with Crippen LogP contribution in [0.1, 0.15) is 19.3 Å². The van der Waals surface area contributed by atoms with Gasteiger partial charge in [0.2, 0.25) is 5.91 Å². The molecule has 1 aliphatic rings. The molecular weight excluding hydrogens is 192 g/mol. The minimum Gasteiger partial charge on any atom is -0.368 e. The lowest BCUT2D eigenvalue weighted by Gasteiger charge is -2.14. The number of aromatic nitrogens is 2. The number of hydrogen-bond acceptors (Lipinski definition) is 3. The second-order valence-corrected chi connectivity index (χ2v) is 3.99. The Morgan fingerprint density at radius 3 is 3.00 bits per heavy atom. The topological polar surface area (TPSA) is 72.9 Å². The van der Waals surface area contributed by atoms with Crippen molar-refractivity contribution in [1.29, 1.82) is 0 Å². The Morgan fingerprint density at radius 2 is 2.47 bits per heavy atom. The van der Waals surface area contributed by atoms with Gasteiger partial charge in [-0.15, -0.1) is 0 Å². The highest BCUT2D eigenvalue weighted by atomic mass is 16.1. The van der Waals surface area contributed by atoms with Gasteiger partial charge in [-0.1, -0.05) is 0 Å². The van der Waals surface area contributed by atoms with E-state index < -0.39 is 0 Å². The van der Waals surface area contributed by atoms with Crippen LogP contribution in [0.2, 0.25) is 0 Å². The number of hydrogen-bond donors (Lipinski definition) is 2. The molecule has 5 nitrogen and oxygen atoms in total. The monoisotopic (exact) mass is 208 g/mol. The molecule has 5 heteroatoms. The van der Waals surface area contributed by atoms with Gasteiger partial charge < -0.3 is 15.6 Å². The van der Waals surface area contributed by atoms with Crippen molar-refractivity contribution in [3.8, 4) is 0 Å². The molecule has 0 bridgehead atoms. The molecule has 1 aliphatic carbocycles. The number of carbonyl (C=O) groups is 1. The molecule has 1 atom stereocenters. The minimum absolute atomic E-state index is 0.208. The molecule has 1 aromatic rings. The predicted octanol–water partition coefficient (Wildman–Crippen LogP) is -0.121. The molecule has 15 heavy (non-hydrogen) atoms. The number of rotatable bonds is 6. The van der Waals surface area contributed by atoms with Crippen molar-refractivity contribution in [1.82, 2.24) is 14.9 Å². The largest absolute Gasteiger partial charge is 0.368 e. The first kappa shape index (κ1) is 10.2. The third-order valence-electron chi connectivity index (χ3n) is 2.59. The van der Waals surface area contributed by atoms with Crippen LogP contribution in [0.25, 0.3) is 0 Å². The Labute approximate surface area is 88.7 Å². The Morgan fingerprint density at radius 1 is 1.67 bits per heavy atom. The van der Waals surface area contributed by atoms with Crippen LogP contribution in [-0.2, 0) is 11.3 Å². The lowest BCUT2D eigenvalue weighted by atomic mass is 10.2. The number of nitrogens with zero attached hydrogens (tertiary/aromatic N) is 2. The quantitative estimate of drug-likeness (QED) is 0.684. The third kappa shape index (κ3) is 3.06. The summed E-state index contributed by atoms with van der Waals surface area (Å²) >= 11 is 0. The number of nitrogens with two attached hydrogens (primary N) is 1. The summed E-state index contributed by atoms with van der Waals surface area (Å²) in [5, 5.41) is 3.24. The van der Waals surface area contributed by atoms with Crippen molar-refractivity contribution >= 4 is 5.91 Å². The molecule has 0 radical (unpaired) electrons. The standard InChI is InChI=1S/C10H16N4O/c11-10(15)9(13-8-1-2-8)3-5-14-6-4-12-7-14/h4,6-9,13H,1-3,5H2,(H2,11,15). The molecule has 0 aliphatic heterocycles. The van der Waals surface area contributed by atoms with Crippen molar-refractivity contribution < 1.29 is 4.79 Å². The molecule has 2 rings (SSSR count). The van der Waals surface area contributed by atoms with Gasteiger partial charge in [0.05, 0.1) is 12.4 Å². The van der Waals surface area contributed by atoms with Gasteiger partial charge in [0.1, 0.15) is 0 Å². The second kappa shape index (κ2) is 4.44. The van der Waals surface area contributed by atoms with E-state index in [2.05, 4.69) is 10.3 Å². The fourth-order valence-corrected chi connectivity index (χ4v) is 1.54. The first-order chi connectivity index (χ1) is 7.25. The summed E-state index contributed by atoms with van der Waals surface area (Å²) in [7, 11) is 0. The van der Waals surface area contributed by atoms with Crippen LogP contribution in [0.5, 0.6) is 0 Å². The number of imidazole rings is 1. The molecule has 1 aromatic heterocycles. The Bertz CT molecular complexity index is 318. The van der Waals surface area contributed by atoms with Crippen molar-refractivity contribution in [3.63, 3.8) is 0 Å². The van der Waals surface area contributed by atoms with E-state index in [9.17, 15) is 4.79 Å². The van der Waals surface area contributed by atoms with Crippen molar-refractivity contribution in [3.05, 3.63) is 18.7 Å². The van der Waals surface area contributed by atoms with Crippen LogP contribution in [0.3, 0.4) is 0 Å². The van der Waals surface area contributed by atoms with E-state index >= 15 is 0 Å². The van der Waals surface area contributed by atoms with Gasteiger partial charge >= 0.3 is 0 Å². The van der Waals surface area contributed by atoms with Crippen molar-refractivity contribution in [2.45, 2.75) is 37.9 Å². The van der Waals surface area contributed by atoms with E-state index in [4.69, 9.17) is 5.73 Å². The summed E-state index contributed by atoms with van der Waals surface area (Å²) in [5.41, 5.74) is 5.33. The van der Waals surface area contributed by atoms with Crippen LogP contribution >= 0.6 is 0 Å². The fraction of sp³-hybridized carbons (Fsp3) is 0.600. The first-order valence-electron chi connectivity index (χ1n) is 5.27. The van der Waals surface area contributed by atoms with Gasteiger partial charge in [0, 0.05) is 25.0 Å². The third-order valence-corrected chi connectivity index (χ3v) is 2.59. The van der Waals surface area contributed by atoms with Crippen molar-refractivity contribution in [2.75, 3.05) is 0 Å². The minimum atomic E-state index is -0.262. The highest BCUT2D eigenvalue weighted by molar-refractivity contribution is 5.79. The van der Waals surface area contributed by atoms with E-state index in [1.165, 1.54) is 0 Å². The lowest BCUT2D eigenvalue weighted by Crippen LogP contribution is -2.43. The van der Waals surface area contributed by atoms with E-state index in [1.807, 2.05) is 10.8 Å². The number of nitrogens with one attached hydrogen (secondary N) is 1. The van der Waals surface area contributed by atoms with E-state index in [0.29, 0.717) is 6.04 Å². The predicted molar refractivity (Wildman–Crippen MR) is 56.0 cm³/mol. The highest BCUT2D eigenvalue weighted by Gasteiger charge is 2.26. The first-order valence-corrected chi connectivity index (χ1v) is 5.27. The molecular formula is C10H16N4O. The molecule has 1 saturated carbocycles. The van der Waals surface area contributed by atoms with Crippen LogP contribution in [-0.4, -0.2) is 27.5 Å². The number of carbonyl (C=O) groups excluding carboxylic acids is 1. The fourth-order valence-electron chi connectivity index (χ4n) is 1.54.